The Morgan fingerprint density at radius 3 is 2.61 bits per heavy atom. The molecule has 2 fully saturated rings. The van der Waals surface area contributed by atoms with Crippen molar-refractivity contribution in [2.24, 2.45) is 15.9 Å². The van der Waals surface area contributed by atoms with E-state index in [9.17, 15) is 45.3 Å². The standard InChI is InChI=1S/C42H46N4O11/c47-20-34-37(51)38(52)39(53)41(57-34)56-33-16-30-26(15-32(33)49)27(17-42-12-4-3-5-24(42)18-44-29-7-2-1-6-28(29)42)36(40(54)55)46(30)35(50)11-9-22-8-10-31(48)23(13-22)14-25-19-43-21-45-25/h1-2,6-11,13,15-16,19,24,27,34,36-39,41,44,47-49,51-53H,3-5,12,14,17-18,20-21H2,(H,54,55)/b11-9+/t24-,27-,34-,36-,37-,38+,39-,41-,42+/m1/s1. The summed E-state index contributed by atoms with van der Waals surface area (Å²) in [6.45, 7) is 0.335. The summed E-state index contributed by atoms with van der Waals surface area (Å²) in [7, 11) is 0. The number of carboxylic acids is 1. The maximum Gasteiger partial charge on any atom is 0.327 e. The van der Waals surface area contributed by atoms with Crippen LogP contribution in [0.3, 0.4) is 0 Å². The summed E-state index contributed by atoms with van der Waals surface area (Å²) >= 11 is 0. The van der Waals surface area contributed by atoms with Gasteiger partial charge in [-0.15, -0.1) is 0 Å². The van der Waals surface area contributed by atoms with E-state index in [1.54, 1.807) is 18.3 Å². The second-order valence-electron chi connectivity index (χ2n) is 15.5. The molecule has 1 amide bonds. The summed E-state index contributed by atoms with van der Waals surface area (Å²) in [5, 5.41) is 77.7. The van der Waals surface area contributed by atoms with Crippen molar-refractivity contribution in [1.29, 1.82) is 0 Å². The fraction of sp³-hybridized carbons (Fsp3) is 0.429. The number of carbonyl (C=O) groups excluding carboxylic acids is 1. The fourth-order valence-corrected chi connectivity index (χ4v) is 9.48. The number of phenols is 2. The topological polar surface area (TPSA) is 234 Å². The largest absolute Gasteiger partial charge is 0.508 e. The van der Waals surface area contributed by atoms with Crippen molar-refractivity contribution in [2.75, 3.05) is 30.0 Å². The van der Waals surface area contributed by atoms with Gasteiger partial charge in [0.25, 0.3) is 5.91 Å². The number of amides is 1. The molecular weight excluding hydrogens is 736 g/mol. The van der Waals surface area contributed by atoms with Crippen molar-refractivity contribution in [3.63, 3.8) is 0 Å². The molecule has 0 unspecified atom stereocenters. The average molecular weight is 783 g/mol. The molecule has 0 radical (unpaired) electrons. The number of ether oxygens (including phenoxy) is 2. The molecule has 8 N–H and O–H groups in total. The minimum Gasteiger partial charge on any atom is -0.508 e. The number of hydrogen-bond donors (Lipinski definition) is 8. The summed E-state index contributed by atoms with van der Waals surface area (Å²) < 4.78 is 11.4. The third-order valence-corrected chi connectivity index (χ3v) is 12.3. The lowest BCUT2D eigenvalue weighted by Gasteiger charge is -2.50. The van der Waals surface area contributed by atoms with Crippen LogP contribution in [-0.2, 0) is 26.2 Å². The van der Waals surface area contributed by atoms with E-state index in [1.807, 2.05) is 18.2 Å². The van der Waals surface area contributed by atoms with Crippen LogP contribution >= 0.6 is 0 Å². The SMILES string of the molecule is O=C(O)[C@H]1[C@H](C[C@@]23CCCC[C@@H]2CNc2ccccc23)c2cc(O)c(O[C@@H]3O[C@H](CO)[C@@H](O)[C@H](O)[C@H]3O)cc2N1C(=O)/C=C/c1ccc(O)c(CC2=NCN=C2)c1. The van der Waals surface area contributed by atoms with Gasteiger partial charge in [0.1, 0.15) is 42.9 Å². The Balaban J connectivity index is 1.19. The molecule has 1 aliphatic carbocycles. The van der Waals surface area contributed by atoms with Gasteiger partial charge >= 0.3 is 5.97 Å². The van der Waals surface area contributed by atoms with Gasteiger partial charge in [-0.3, -0.25) is 19.7 Å². The molecule has 0 bridgehead atoms. The molecule has 3 aromatic carbocycles. The zero-order valence-corrected chi connectivity index (χ0v) is 31.0. The molecule has 9 atom stereocenters. The third kappa shape index (κ3) is 7.03. The van der Waals surface area contributed by atoms with Gasteiger partial charge in [-0.2, -0.15) is 0 Å². The van der Waals surface area contributed by atoms with E-state index in [0.717, 1.165) is 36.9 Å². The number of hydrogen-bond acceptors (Lipinski definition) is 13. The molecule has 1 saturated heterocycles. The van der Waals surface area contributed by atoms with Gasteiger partial charge < -0.3 is 50.5 Å². The number of nitrogens with zero attached hydrogens (tertiary/aromatic N) is 3. The molecule has 4 heterocycles. The monoisotopic (exact) mass is 782 g/mol. The first-order chi connectivity index (χ1) is 27.5. The van der Waals surface area contributed by atoms with Crippen LogP contribution in [0, 0.1) is 5.92 Å². The Morgan fingerprint density at radius 1 is 1.02 bits per heavy atom. The predicted octanol–water partition coefficient (Wildman–Crippen LogP) is 2.84. The molecule has 3 aromatic rings. The number of carbonyl (C=O) groups is 2. The summed E-state index contributed by atoms with van der Waals surface area (Å²) in [5.74, 6) is -3.16. The number of aromatic hydroxyl groups is 2. The number of fused-ring (bicyclic) bond motifs is 4. The van der Waals surface area contributed by atoms with Crippen LogP contribution in [-0.4, -0.2) is 116 Å². The Bertz CT molecular complexity index is 2140. The molecule has 0 spiro atoms. The first-order valence-corrected chi connectivity index (χ1v) is 19.3. The van der Waals surface area contributed by atoms with E-state index < -0.39 is 72.3 Å². The number of nitrogens with one attached hydrogen (secondary N) is 1. The smallest absolute Gasteiger partial charge is 0.327 e. The van der Waals surface area contributed by atoms with Gasteiger partial charge in [-0.25, -0.2) is 4.79 Å². The fourth-order valence-electron chi connectivity index (χ4n) is 9.48. The molecule has 15 nitrogen and oxygen atoms in total. The zero-order chi connectivity index (χ0) is 40.0. The number of aliphatic carboxylic acids is 1. The van der Waals surface area contributed by atoms with E-state index in [-0.39, 0.29) is 23.1 Å². The molecule has 300 valence electrons. The Morgan fingerprint density at radius 2 is 1.84 bits per heavy atom. The number of rotatable bonds is 10. The lowest BCUT2D eigenvalue weighted by molar-refractivity contribution is -0.277. The van der Waals surface area contributed by atoms with Gasteiger partial charge in [-0.05, 0) is 72.2 Å². The summed E-state index contributed by atoms with van der Waals surface area (Å²) in [5.41, 5.74) is 4.08. The van der Waals surface area contributed by atoms with Gasteiger partial charge in [-0.1, -0.05) is 37.1 Å². The molecule has 0 aromatic heterocycles. The van der Waals surface area contributed by atoms with Crippen molar-refractivity contribution in [3.8, 4) is 17.2 Å². The van der Waals surface area contributed by atoms with E-state index >= 15 is 0 Å². The van der Waals surface area contributed by atoms with Crippen LogP contribution < -0.4 is 15.0 Å². The van der Waals surface area contributed by atoms with Crippen LogP contribution in [0.4, 0.5) is 11.4 Å². The number of aliphatic imine (C=N–C) groups is 2. The zero-order valence-electron chi connectivity index (χ0n) is 31.0. The first kappa shape index (κ1) is 38.5. The van der Waals surface area contributed by atoms with Crippen LogP contribution in [0.2, 0.25) is 0 Å². The van der Waals surface area contributed by atoms with Crippen LogP contribution in [0.25, 0.3) is 6.08 Å². The van der Waals surface area contributed by atoms with Gasteiger partial charge in [0.15, 0.2) is 11.5 Å². The highest BCUT2D eigenvalue weighted by molar-refractivity contribution is 6.32. The van der Waals surface area contributed by atoms with E-state index in [0.29, 0.717) is 48.5 Å². The highest BCUT2D eigenvalue weighted by Gasteiger charge is 2.54. The highest BCUT2D eigenvalue weighted by Crippen LogP contribution is 2.57. The summed E-state index contributed by atoms with van der Waals surface area (Å²) in [6.07, 6.45) is 0.744. The number of anilines is 2. The number of phenolic OH excluding ortho intramolecular Hbond substituents is 2. The van der Waals surface area contributed by atoms with Crippen LogP contribution in [0.1, 0.15) is 60.3 Å². The van der Waals surface area contributed by atoms with E-state index in [4.69, 9.17) is 9.47 Å². The summed E-state index contributed by atoms with van der Waals surface area (Å²) in [6, 6.07) is 14.2. The molecule has 5 aliphatic rings. The second-order valence-corrected chi connectivity index (χ2v) is 15.5. The number of aliphatic hydroxyl groups excluding tert-OH is 4. The Labute approximate surface area is 328 Å². The van der Waals surface area contributed by atoms with Gasteiger partial charge in [0.2, 0.25) is 6.29 Å². The van der Waals surface area contributed by atoms with Crippen LogP contribution in [0.15, 0.2) is 70.7 Å². The van der Waals surface area contributed by atoms with E-state index in [1.165, 1.54) is 35.3 Å². The Hall–Kier alpha value is -5.32. The van der Waals surface area contributed by atoms with Crippen molar-refractivity contribution in [1.82, 2.24) is 0 Å². The van der Waals surface area contributed by atoms with Gasteiger partial charge in [0, 0.05) is 53.9 Å². The molecule has 15 heteroatoms. The minimum atomic E-state index is -1.79. The maximum absolute atomic E-state index is 14.5. The van der Waals surface area contributed by atoms with Crippen molar-refractivity contribution in [3.05, 3.63) is 82.9 Å². The lowest BCUT2D eigenvalue weighted by atomic mass is 9.56. The number of benzene rings is 3. The predicted molar refractivity (Wildman–Crippen MR) is 209 cm³/mol. The highest BCUT2D eigenvalue weighted by atomic mass is 16.7. The minimum absolute atomic E-state index is 0.0512. The van der Waals surface area contributed by atoms with Crippen LogP contribution in [0.5, 0.6) is 17.2 Å². The maximum atomic E-state index is 14.5. The van der Waals surface area contributed by atoms with Crippen molar-refractivity contribution in [2.45, 2.75) is 86.6 Å². The molecule has 1 saturated carbocycles. The van der Waals surface area contributed by atoms with Crippen molar-refractivity contribution < 1.29 is 54.8 Å². The molecule has 8 rings (SSSR count). The lowest BCUT2D eigenvalue weighted by Crippen LogP contribution is -2.60. The summed E-state index contributed by atoms with van der Waals surface area (Å²) in [4.78, 5) is 37.6. The van der Waals surface area contributed by atoms with Gasteiger partial charge in [0.05, 0.1) is 18.0 Å². The normalized spacial score (nSPS) is 30.3. The molecule has 4 aliphatic heterocycles. The second kappa shape index (κ2) is 15.6. The molecule has 57 heavy (non-hydrogen) atoms. The first-order valence-electron chi connectivity index (χ1n) is 19.3. The van der Waals surface area contributed by atoms with Crippen molar-refractivity contribution >= 4 is 41.3 Å². The third-order valence-electron chi connectivity index (χ3n) is 12.3. The molecular formula is C42H46N4O11. The number of aliphatic hydroxyl groups is 4. The van der Waals surface area contributed by atoms with E-state index in [2.05, 4.69) is 21.4 Å². The Kier molecular flexibility index (Phi) is 10.5. The number of para-hydroxylation sites is 1. The number of carboxylic acid groups (broad SMARTS) is 1. The quantitative estimate of drug-likeness (QED) is 0.139. The average Bonchev–Trinajstić information content (AvgIpc) is 3.84.